The summed E-state index contributed by atoms with van der Waals surface area (Å²) >= 11 is 0. The highest BCUT2D eigenvalue weighted by molar-refractivity contribution is 5.95. The first-order valence-electron chi connectivity index (χ1n) is 12.4. The number of rotatable bonds is 8. The van der Waals surface area contributed by atoms with E-state index < -0.39 is 6.04 Å². The smallest absolute Gasteiger partial charge is 0.247 e. The highest BCUT2D eigenvalue weighted by atomic mass is 16.2. The maximum Gasteiger partial charge on any atom is 0.247 e. The molecule has 8 heteroatoms. The average Bonchev–Trinajstić information content (AvgIpc) is 2.93. The number of piperazine rings is 1. The molecule has 8 nitrogen and oxygen atoms in total. The van der Waals surface area contributed by atoms with Gasteiger partial charge in [-0.25, -0.2) is 4.98 Å². The molecule has 3 aromatic rings. The molecule has 0 aliphatic carbocycles. The summed E-state index contributed by atoms with van der Waals surface area (Å²) in [6, 6.07) is 22.1. The molecule has 0 unspecified atom stereocenters. The number of nitrogens with one attached hydrogen (secondary N) is 2. The molecule has 1 aliphatic heterocycles. The largest absolute Gasteiger partial charge is 0.357 e. The quantitative estimate of drug-likeness (QED) is 0.493. The second-order valence-electron chi connectivity index (χ2n) is 9.41. The van der Waals surface area contributed by atoms with Gasteiger partial charge >= 0.3 is 0 Å². The molecule has 2 aromatic carbocycles. The van der Waals surface area contributed by atoms with Crippen LogP contribution in [0.2, 0.25) is 0 Å². The van der Waals surface area contributed by atoms with E-state index >= 15 is 0 Å². The van der Waals surface area contributed by atoms with E-state index in [1.54, 1.807) is 29.3 Å². The number of amides is 2. The van der Waals surface area contributed by atoms with E-state index in [0.29, 0.717) is 24.5 Å². The molecule has 3 atom stereocenters. The van der Waals surface area contributed by atoms with E-state index in [4.69, 9.17) is 5.26 Å². The highest BCUT2D eigenvalue weighted by Crippen LogP contribution is 2.23. The summed E-state index contributed by atoms with van der Waals surface area (Å²) in [6.45, 7) is 5.93. The number of carbonyl (C=O) groups is 2. The zero-order valence-electron chi connectivity index (χ0n) is 21.4. The van der Waals surface area contributed by atoms with Crippen molar-refractivity contribution in [2.24, 2.45) is 0 Å². The summed E-state index contributed by atoms with van der Waals surface area (Å²) in [7, 11) is 1.81. The van der Waals surface area contributed by atoms with Gasteiger partial charge in [0, 0.05) is 26.7 Å². The Labute approximate surface area is 217 Å². The lowest BCUT2D eigenvalue weighted by Gasteiger charge is -2.38. The molecule has 190 valence electrons. The van der Waals surface area contributed by atoms with Crippen LogP contribution in [0.5, 0.6) is 0 Å². The number of nitriles is 1. The molecule has 37 heavy (non-hydrogen) atoms. The first kappa shape index (κ1) is 25.9. The molecular formula is C29H32N6O2. The van der Waals surface area contributed by atoms with Crippen LogP contribution < -0.4 is 15.5 Å². The van der Waals surface area contributed by atoms with Crippen molar-refractivity contribution < 1.29 is 9.59 Å². The van der Waals surface area contributed by atoms with Gasteiger partial charge in [0.15, 0.2) is 0 Å². The van der Waals surface area contributed by atoms with Gasteiger partial charge < -0.3 is 20.4 Å². The molecule has 2 amide bonds. The van der Waals surface area contributed by atoms with Crippen LogP contribution in [-0.2, 0) is 9.59 Å². The maximum absolute atomic E-state index is 13.4. The van der Waals surface area contributed by atoms with E-state index in [0.717, 1.165) is 23.4 Å². The van der Waals surface area contributed by atoms with Gasteiger partial charge in [0.25, 0.3) is 0 Å². The summed E-state index contributed by atoms with van der Waals surface area (Å²) in [5.41, 5.74) is 3.42. The average molecular weight is 497 g/mol. The Hall–Kier alpha value is -4.22. The number of nitrogens with zero attached hydrogens (tertiary/aromatic N) is 4. The van der Waals surface area contributed by atoms with E-state index in [9.17, 15) is 9.59 Å². The van der Waals surface area contributed by atoms with Gasteiger partial charge in [-0.05, 0) is 48.2 Å². The Bertz CT molecular complexity index is 1250. The zero-order valence-corrected chi connectivity index (χ0v) is 21.4. The lowest BCUT2D eigenvalue weighted by Crippen LogP contribution is -2.54. The number of benzene rings is 2. The summed E-state index contributed by atoms with van der Waals surface area (Å²) in [5.74, 6) is 0.458. The van der Waals surface area contributed by atoms with Crippen molar-refractivity contribution in [1.29, 1.82) is 5.26 Å². The number of pyridine rings is 1. The van der Waals surface area contributed by atoms with E-state index in [-0.39, 0.29) is 23.8 Å². The first-order chi connectivity index (χ1) is 17.9. The second kappa shape index (κ2) is 11.7. The minimum atomic E-state index is -0.571. The molecule has 0 radical (unpaired) electrons. The van der Waals surface area contributed by atoms with Gasteiger partial charge in [0.05, 0.1) is 23.5 Å². The highest BCUT2D eigenvalue weighted by Gasteiger charge is 2.29. The van der Waals surface area contributed by atoms with E-state index in [2.05, 4.69) is 28.6 Å². The summed E-state index contributed by atoms with van der Waals surface area (Å²) in [6.07, 6.45) is 1.70. The molecule has 2 N–H and O–H groups in total. The Morgan fingerprint density at radius 2 is 1.81 bits per heavy atom. The van der Waals surface area contributed by atoms with Gasteiger partial charge in [0.1, 0.15) is 17.9 Å². The van der Waals surface area contributed by atoms with Gasteiger partial charge in [-0.1, -0.05) is 49.4 Å². The monoisotopic (exact) mass is 496 g/mol. The van der Waals surface area contributed by atoms with Crippen LogP contribution in [0.15, 0.2) is 72.9 Å². The van der Waals surface area contributed by atoms with Crippen molar-refractivity contribution in [3.8, 4) is 6.07 Å². The van der Waals surface area contributed by atoms with Crippen molar-refractivity contribution in [3.63, 3.8) is 0 Å². The van der Waals surface area contributed by atoms with E-state index in [1.807, 2.05) is 67.4 Å². The van der Waals surface area contributed by atoms with Crippen LogP contribution in [0.3, 0.4) is 0 Å². The fourth-order valence-corrected chi connectivity index (χ4v) is 4.50. The van der Waals surface area contributed by atoms with Crippen molar-refractivity contribution in [2.75, 3.05) is 36.9 Å². The van der Waals surface area contributed by atoms with Gasteiger partial charge in [0.2, 0.25) is 11.8 Å². The predicted molar refractivity (Wildman–Crippen MR) is 144 cm³/mol. The third kappa shape index (κ3) is 6.13. The first-order valence-corrected chi connectivity index (χ1v) is 12.4. The van der Waals surface area contributed by atoms with Crippen molar-refractivity contribution in [3.05, 3.63) is 89.6 Å². The Balaban J connectivity index is 1.44. The number of likely N-dealkylation sites (N-methyl/N-ethyl adjacent to an activating group) is 1. The van der Waals surface area contributed by atoms with Gasteiger partial charge in [-0.15, -0.1) is 0 Å². The van der Waals surface area contributed by atoms with Crippen LogP contribution >= 0.6 is 0 Å². The molecule has 1 aliphatic rings. The number of hydrogen-bond donors (Lipinski definition) is 2. The minimum absolute atomic E-state index is 0.0793. The summed E-state index contributed by atoms with van der Waals surface area (Å²) in [5, 5.41) is 15.4. The lowest BCUT2D eigenvalue weighted by atomic mass is 9.98. The third-order valence-electron chi connectivity index (χ3n) is 6.84. The van der Waals surface area contributed by atoms with E-state index in [1.165, 1.54) is 0 Å². The van der Waals surface area contributed by atoms with Gasteiger partial charge in [-0.2, -0.15) is 5.26 Å². The summed E-state index contributed by atoms with van der Waals surface area (Å²) in [4.78, 5) is 33.9. The van der Waals surface area contributed by atoms with Gasteiger partial charge in [-0.3, -0.25) is 9.59 Å². The molecular weight excluding hydrogens is 464 g/mol. The fourth-order valence-electron chi connectivity index (χ4n) is 4.50. The molecule has 0 saturated carbocycles. The standard InChI is InChI=1S/C29H32N6O2/c1-20(23-11-9-22(17-30)10-12-23)18-32-27(24-7-5-4-6-8-24)28(36)33-26-14-13-25(19-31-26)35-16-15-34(3)29(37)21(35)2/h4-14,19-21,27,32H,15-16,18H2,1-3H3,(H,31,33,36)/t20-,21+,27-/m1/s1. The number of aromatic nitrogens is 1. The topological polar surface area (TPSA) is 101 Å². The zero-order chi connectivity index (χ0) is 26.4. The Morgan fingerprint density at radius 1 is 1.08 bits per heavy atom. The van der Waals surface area contributed by atoms with Crippen molar-refractivity contribution in [2.45, 2.75) is 31.8 Å². The number of carbonyl (C=O) groups excluding carboxylic acids is 2. The fraction of sp³-hybridized carbons (Fsp3) is 0.310. The molecule has 1 fully saturated rings. The molecule has 0 spiro atoms. The third-order valence-corrected chi connectivity index (χ3v) is 6.84. The molecule has 2 heterocycles. The molecule has 1 saturated heterocycles. The minimum Gasteiger partial charge on any atom is -0.357 e. The Morgan fingerprint density at radius 3 is 2.46 bits per heavy atom. The van der Waals surface area contributed by atoms with Crippen molar-refractivity contribution in [1.82, 2.24) is 15.2 Å². The predicted octanol–water partition coefficient (Wildman–Crippen LogP) is 3.69. The Kier molecular flexibility index (Phi) is 8.16. The lowest BCUT2D eigenvalue weighted by molar-refractivity contribution is -0.132. The van der Waals surface area contributed by atoms with Crippen LogP contribution in [0.4, 0.5) is 11.5 Å². The maximum atomic E-state index is 13.4. The second-order valence-corrected chi connectivity index (χ2v) is 9.41. The molecule has 1 aromatic heterocycles. The summed E-state index contributed by atoms with van der Waals surface area (Å²) < 4.78 is 0. The van der Waals surface area contributed by atoms with Crippen LogP contribution in [0.25, 0.3) is 0 Å². The molecule has 4 rings (SSSR count). The normalized spacial score (nSPS) is 17.1. The van der Waals surface area contributed by atoms with Crippen LogP contribution in [0.1, 0.15) is 42.5 Å². The molecule has 0 bridgehead atoms. The van der Waals surface area contributed by atoms with Crippen molar-refractivity contribution >= 4 is 23.3 Å². The SMILES string of the molecule is C[C@H](CN[C@@H](C(=O)Nc1ccc(N2CCN(C)C(=O)[C@@H]2C)cn1)c1ccccc1)c1ccc(C#N)cc1. The number of hydrogen-bond acceptors (Lipinski definition) is 6. The van der Waals surface area contributed by atoms with Crippen LogP contribution in [-0.4, -0.2) is 54.4 Å². The van der Waals surface area contributed by atoms with Crippen LogP contribution in [0, 0.1) is 11.3 Å². The number of anilines is 2.